The molecule has 0 radical (unpaired) electrons. The summed E-state index contributed by atoms with van der Waals surface area (Å²) in [6.07, 6.45) is 0.785. The van der Waals surface area contributed by atoms with Crippen LogP contribution < -0.4 is 11.1 Å². The Morgan fingerprint density at radius 1 is 1.56 bits per heavy atom. The van der Waals surface area contributed by atoms with Crippen LogP contribution in [-0.2, 0) is 0 Å². The molecule has 1 heterocycles. The number of nitrogens with zero attached hydrogens (tertiary/aromatic N) is 1. The Morgan fingerprint density at radius 3 is 3.06 bits per heavy atom. The lowest BCUT2D eigenvalue weighted by atomic mass is 10.0. The lowest BCUT2D eigenvalue weighted by Gasteiger charge is -2.21. The van der Waals surface area contributed by atoms with Crippen LogP contribution in [-0.4, -0.2) is 29.8 Å². The molecule has 86 valence electrons. The molecule has 0 saturated heterocycles. The van der Waals surface area contributed by atoms with Crippen molar-refractivity contribution in [3.63, 3.8) is 0 Å². The SMILES string of the molecule is CNC(c1ccc2ncoc2c1)C(O)CN. The molecule has 2 atom stereocenters. The number of benzene rings is 1. The Labute approximate surface area is 93.3 Å². The van der Waals surface area contributed by atoms with E-state index in [1.165, 1.54) is 6.39 Å². The number of nitrogens with one attached hydrogen (secondary N) is 1. The Hall–Kier alpha value is -1.43. The number of hydrogen-bond acceptors (Lipinski definition) is 5. The molecule has 0 saturated carbocycles. The molecule has 5 heteroatoms. The second kappa shape index (κ2) is 4.61. The van der Waals surface area contributed by atoms with E-state index in [1.807, 2.05) is 18.2 Å². The third kappa shape index (κ3) is 1.92. The van der Waals surface area contributed by atoms with Gasteiger partial charge >= 0.3 is 0 Å². The Bertz CT molecular complexity index is 469. The van der Waals surface area contributed by atoms with Gasteiger partial charge in [0.2, 0.25) is 0 Å². The van der Waals surface area contributed by atoms with Crippen LogP contribution in [0.25, 0.3) is 11.1 Å². The van der Waals surface area contributed by atoms with Crippen LogP contribution in [0.1, 0.15) is 11.6 Å². The van der Waals surface area contributed by atoms with Gasteiger partial charge in [0.05, 0.1) is 12.1 Å². The van der Waals surface area contributed by atoms with Crippen molar-refractivity contribution in [3.05, 3.63) is 30.2 Å². The number of aromatic nitrogens is 1. The summed E-state index contributed by atoms with van der Waals surface area (Å²) in [6.45, 7) is 0.208. The number of fused-ring (bicyclic) bond motifs is 1. The standard InChI is InChI=1S/C11H15N3O2/c1-13-11(9(15)5-12)7-2-3-8-10(4-7)16-6-14-8/h2-4,6,9,11,13,15H,5,12H2,1H3. The molecule has 0 aliphatic rings. The number of oxazole rings is 1. The predicted molar refractivity (Wildman–Crippen MR) is 60.9 cm³/mol. The fourth-order valence-corrected chi connectivity index (χ4v) is 1.78. The van der Waals surface area contributed by atoms with Crippen molar-refractivity contribution in [2.45, 2.75) is 12.1 Å². The van der Waals surface area contributed by atoms with Crippen LogP contribution in [0.2, 0.25) is 0 Å². The summed E-state index contributed by atoms with van der Waals surface area (Å²) in [6, 6.07) is 5.44. The zero-order valence-electron chi connectivity index (χ0n) is 9.05. The summed E-state index contributed by atoms with van der Waals surface area (Å²) < 4.78 is 5.21. The van der Waals surface area contributed by atoms with E-state index in [9.17, 15) is 5.11 Å². The summed E-state index contributed by atoms with van der Waals surface area (Å²) in [4.78, 5) is 4.04. The van der Waals surface area contributed by atoms with Gasteiger partial charge in [-0.05, 0) is 24.7 Å². The molecule has 5 nitrogen and oxygen atoms in total. The Balaban J connectivity index is 2.36. The molecule has 0 bridgehead atoms. The quantitative estimate of drug-likeness (QED) is 0.696. The number of hydrogen-bond donors (Lipinski definition) is 3. The largest absolute Gasteiger partial charge is 0.443 e. The first-order chi connectivity index (χ1) is 7.76. The van der Waals surface area contributed by atoms with Crippen molar-refractivity contribution >= 4 is 11.1 Å². The average Bonchev–Trinajstić information content (AvgIpc) is 2.77. The first-order valence-electron chi connectivity index (χ1n) is 5.15. The van der Waals surface area contributed by atoms with E-state index >= 15 is 0 Å². The van der Waals surface area contributed by atoms with Crippen molar-refractivity contribution in [1.82, 2.24) is 10.3 Å². The molecule has 0 fully saturated rings. The molecule has 0 aliphatic carbocycles. The van der Waals surface area contributed by atoms with Gasteiger partial charge in [-0.2, -0.15) is 0 Å². The lowest BCUT2D eigenvalue weighted by Crippen LogP contribution is -2.34. The lowest BCUT2D eigenvalue weighted by molar-refractivity contribution is 0.139. The molecular formula is C11H15N3O2. The van der Waals surface area contributed by atoms with Crippen LogP contribution >= 0.6 is 0 Å². The molecule has 1 aromatic heterocycles. The maximum absolute atomic E-state index is 9.76. The second-order valence-corrected chi connectivity index (χ2v) is 3.65. The molecule has 4 N–H and O–H groups in total. The van der Waals surface area contributed by atoms with Crippen LogP contribution in [0, 0.1) is 0 Å². The van der Waals surface area contributed by atoms with E-state index in [4.69, 9.17) is 10.2 Å². The number of aliphatic hydroxyl groups excluding tert-OH is 1. The maximum atomic E-state index is 9.76. The highest BCUT2D eigenvalue weighted by Gasteiger charge is 2.18. The van der Waals surface area contributed by atoms with Gasteiger partial charge in [0.1, 0.15) is 5.52 Å². The van der Waals surface area contributed by atoms with E-state index in [2.05, 4.69) is 10.3 Å². The van der Waals surface area contributed by atoms with E-state index in [-0.39, 0.29) is 12.6 Å². The molecule has 2 rings (SSSR count). The van der Waals surface area contributed by atoms with E-state index < -0.39 is 6.10 Å². The van der Waals surface area contributed by atoms with Gasteiger partial charge in [-0.1, -0.05) is 6.07 Å². The second-order valence-electron chi connectivity index (χ2n) is 3.65. The molecule has 1 aromatic carbocycles. The van der Waals surface area contributed by atoms with Gasteiger partial charge in [0.15, 0.2) is 12.0 Å². The fourth-order valence-electron chi connectivity index (χ4n) is 1.78. The molecule has 16 heavy (non-hydrogen) atoms. The molecule has 0 aliphatic heterocycles. The minimum Gasteiger partial charge on any atom is -0.443 e. The van der Waals surface area contributed by atoms with Crippen LogP contribution in [0.4, 0.5) is 0 Å². The van der Waals surface area contributed by atoms with Gasteiger partial charge in [0, 0.05) is 6.54 Å². The van der Waals surface area contributed by atoms with Crippen molar-refractivity contribution in [1.29, 1.82) is 0 Å². The highest BCUT2D eigenvalue weighted by molar-refractivity contribution is 5.72. The summed E-state index contributed by atoms with van der Waals surface area (Å²) in [5.74, 6) is 0. The van der Waals surface area contributed by atoms with Crippen LogP contribution in [0.5, 0.6) is 0 Å². The summed E-state index contributed by atoms with van der Waals surface area (Å²) in [5.41, 5.74) is 7.90. The van der Waals surface area contributed by atoms with Crippen molar-refractivity contribution in [2.75, 3.05) is 13.6 Å². The molecule has 2 unspecified atom stereocenters. The first-order valence-corrected chi connectivity index (χ1v) is 5.15. The normalized spacial score (nSPS) is 15.2. The van der Waals surface area contributed by atoms with Crippen LogP contribution in [0.15, 0.2) is 29.0 Å². The number of likely N-dealkylation sites (N-methyl/N-ethyl adjacent to an activating group) is 1. The van der Waals surface area contributed by atoms with Gasteiger partial charge < -0.3 is 20.6 Å². The smallest absolute Gasteiger partial charge is 0.181 e. The summed E-state index contributed by atoms with van der Waals surface area (Å²) in [5, 5.41) is 12.8. The maximum Gasteiger partial charge on any atom is 0.181 e. The molecular weight excluding hydrogens is 206 g/mol. The monoisotopic (exact) mass is 221 g/mol. The van der Waals surface area contributed by atoms with Gasteiger partial charge in [-0.3, -0.25) is 0 Å². The Morgan fingerprint density at radius 2 is 2.38 bits per heavy atom. The van der Waals surface area contributed by atoms with Gasteiger partial charge in [0.25, 0.3) is 0 Å². The predicted octanol–water partition coefficient (Wildman–Crippen LogP) is 0.408. The van der Waals surface area contributed by atoms with Crippen molar-refractivity contribution in [2.24, 2.45) is 5.73 Å². The highest BCUT2D eigenvalue weighted by atomic mass is 16.3. The number of rotatable bonds is 4. The van der Waals surface area contributed by atoms with Crippen LogP contribution in [0.3, 0.4) is 0 Å². The van der Waals surface area contributed by atoms with Crippen molar-refractivity contribution in [3.8, 4) is 0 Å². The fraction of sp³-hybridized carbons (Fsp3) is 0.364. The summed E-state index contributed by atoms with van der Waals surface area (Å²) in [7, 11) is 1.79. The summed E-state index contributed by atoms with van der Waals surface area (Å²) >= 11 is 0. The third-order valence-corrected chi connectivity index (χ3v) is 2.65. The third-order valence-electron chi connectivity index (χ3n) is 2.65. The average molecular weight is 221 g/mol. The Kier molecular flexibility index (Phi) is 3.19. The van der Waals surface area contributed by atoms with Gasteiger partial charge in [-0.25, -0.2) is 4.98 Å². The number of aliphatic hydroxyl groups is 1. The zero-order valence-corrected chi connectivity index (χ0v) is 9.05. The zero-order chi connectivity index (χ0) is 11.5. The number of nitrogens with two attached hydrogens (primary N) is 1. The molecule has 0 amide bonds. The van der Waals surface area contributed by atoms with Gasteiger partial charge in [-0.15, -0.1) is 0 Å². The van der Waals surface area contributed by atoms with Crippen molar-refractivity contribution < 1.29 is 9.52 Å². The van der Waals surface area contributed by atoms with E-state index in [0.717, 1.165) is 11.1 Å². The first kappa shape index (κ1) is 11.1. The molecule has 0 spiro atoms. The van der Waals surface area contributed by atoms with E-state index in [0.29, 0.717) is 5.58 Å². The highest BCUT2D eigenvalue weighted by Crippen LogP contribution is 2.21. The topological polar surface area (TPSA) is 84.3 Å². The minimum absolute atomic E-state index is 0.195. The molecule has 2 aromatic rings. The van der Waals surface area contributed by atoms with E-state index in [1.54, 1.807) is 7.05 Å². The minimum atomic E-state index is -0.620.